The number of phenols is 1. The van der Waals surface area contributed by atoms with E-state index in [-0.39, 0.29) is 17.8 Å². The number of primary amides is 1. The zero-order valence-corrected chi connectivity index (χ0v) is 14.4. The zero-order valence-electron chi connectivity index (χ0n) is 14.4. The minimum atomic E-state index is -0.536. The Morgan fingerprint density at radius 1 is 1.16 bits per heavy atom. The van der Waals surface area contributed by atoms with Gasteiger partial charge in [0.15, 0.2) is 0 Å². The van der Waals surface area contributed by atoms with Crippen molar-refractivity contribution in [3.63, 3.8) is 0 Å². The van der Waals surface area contributed by atoms with E-state index in [0.29, 0.717) is 11.3 Å². The predicted molar refractivity (Wildman–Crippen MR) is 97.7 cm³/mol. The Morgan fingerprint density at radius 3 is 2.48 bits per heavy atom. The lowest BCUT2D eigenvalue weighted by atomic mass is 10.1. The number of hydrogen-bond acceptors (Lipinski definition) is 3. The van der Waals surface area contributed by atoms with Gasteiger partial charge in [-0.25, -0.2) is 4.79 Å². The van der Waals surface area contributed by atoms with Crippen LogP contribution in [0.3, 0.4) is 0 Å². The molecule has 2 aromatic rings. The summed E-state index contributed by atoms with van der Waals surface area (Å²) in [6, 6.07) is 11.6. The summed E-state index contributed by atoms with van der Waals surface area (Å²) in [4.78, 5) is 23.4. The second kappa shape index (κ2) is 8.19. The molecular weight excluding hydrogens is 318 g/mol. The van der Waals surface area contributed by atoms with Crippen LogP contribution < -0.4 is 16.4 Å². The van der Waals surface area contributed by atoms with Crippen LogP contribution in [0.5, 0.6) is 5.75 Å². The topological polar surface area (TPSA) is 104 Å². The monoisotopic (exact) mass is 341 g/mol. The van der Waals surface area contributed by atoms with Crippen molar-refractivity contribution in [3.8, 4) is 5.75 Å². The van der Waals surface area contributed by atoms with E-state index in [4.69, 9.17) is 5.73 Å². The first-order valence-corrected chi connectivity index (χ1v) is 8.11. The molecule has 2 aromatic carbocycles. The Hall–Kier alpha value is -3.02. The minimum Gasteiger partial charge on any atom is -0.508 e. The lowest BCUT2D eigenvalue weighted by Gasteiger charge is -2.16. The largest absolute Gasteiger partial charge is 0.508 e. The van der Waals surface area contributed by atoms with Gasteiger partial charge in [0.25, 0.3) is 0 Å². The molecule has 6 heteroatoms. The zero-order chi connectivity index (χ0) is 18.4. The van der Waals surface area contributed by atoms with E-state index in [1.807, 2.05) is 26.0 Å². The number of amides is 3. The number of aromatic hydroxyl groups is 1. The molecule has 0 saturated carbocycles. The van der Waals surface area contributed by atoms with Gasteiger partial charge in [0.1, 0.15) is 5.75 Å². The molecule has 0 heterocycles. The van der Waals surface area contributed by atoms with Gasteiger partial charge >= 0.3 is 6.03 Å². The van der Waals surface area contributed by atoms with Gasteiger partial charge in [-0.1, -0.05) is 18.2 Å². The molecule has 6 nitrogen and oxygen atoms in total. The lowest BCUT2D eigenvalue weighted by Crippen LogP contribution is -2.36. The van der Waals surface area contributed by atoms with E-state index >= 15 is 0 Å². The van der Waals surface area contributed by atoms with Crippen LogP contribution in [-0.4, -0.2) is 23.1 Å². The summed E-state index contributed by atoms with van der Waals surface area (Å²) in [5.74, 6) is -0.298. The smallest absolute Gasteiger partial charge is 0.319 e. The van der Waals surface area contributed by atoms with Gasteiger partial charge in [-0.3, -0.25) is 4.79 Å². The Kier molecular flexibility index (Phi) is 6.00. The maximum Gasteiger partial charge on any atom is 0.319 e. The number of anilines is 1. The van der Waals surface area contributed by atoms with Crippen molar-refractivity contribution in [2.24, 2.45) is 5.73 Å². The number of nitrogens with two attached hydrogens (primary N) is 1. The summed E-state index contributed by atoms with van der Waals surface area (Å²) in [5, 5.41) is 14.9. The highest BCUT2D eigenvalue weighted by Gasteiger charge is 2.11. The van der Waals surface area contributed by atoms with Crippen molar-refractivity contribution in [1.29, 1.82) is 0 Å². The molecule has 1 atom stereocenters. The quantitative estimate of drug-likeness (QED) is 0.649. The van der Waals surface area contributed by atoms with Crippen molar-refractivity contribution in [3.05, 3.63) is 59.2 Å². The fourth-order valence-electron chi connectivity index (χ4n) is 2.41. The fraction of sp³-hybridized carbons (Fsp3) is 0.263. The van der Waals surface area contributed by atoms with Crippen LogP contribution in [-0.2, 0) is 6.42 Å². The van der Waals surface area contributed by atoms with Gasteiger partial charge in [-0.2, -0.15) is 0 Å². The Labute approximate surface area is 147 Å². The minimum absolute atomic E-state index is 0.0339. The molecule has 0 saturated heterocycles. The van der Waals surface area contributed by atoms with Gasteiger partial charge in [0.05, 0.1) is 0 Å². The molecule has 0 aliphatic carbocycles. The molecule has 0 bridgehead atoms. The highest BCUT2D eigenvalue weighted by atomic mass is 16.3. The average molecular weight is 341 g/mol. The molecule has 0 aromatic heterocycles. The van der Waals surface area contributed by atoms with E-state index < -0.39 is 5.91 Å². The number of phenolic OH excluding ortho intramolecular Hbond substituents is 1. The lowest BCUT2D eigenvalue weighted by molar-refractivity contribution is 0.1000. The van der Waals surface area contributed by atoms with Crippen LogP contribution in [0.1, 0.15) is 34.8 Å². The van der Waals surface area contributed by atoms with E-state index in [1.165, 1.54) is 0 Å². The van der Waals surface area contributed by atoms with E-state index in [1.54, 1.807) is 30.3 Å². The Morgan fingerprint density at radius 2 is 1.84 bits per heavy atom. The molecule has 25 heavy (non-hydrogen) atoms. The van der Waals surface area contributed by atoms with E-state index in [9.17, 15) is 14.7 Å². The van der Waals surface area contributed by atoms with Crippen molar-refractivity contribution >= 4 is 17.6 Å². The summed E-state index contributed by atoms with van der Waals surface area (Å²) in [5.41, 5.74) is 8.11. The predicted octanol–water partition coefficient (Wildman–Crippen LogP) is 2.94. The molecule has 0 fully saturated rings. The average Bonchev–Trinajstić information content (AvgIpc) is 2.56. The third kappa shape index (κ3) is 5.53. The molecule has 0 spiro atoms. The first kappa shape index (κ1) is 18.3. The van der Waals surface area contributed by atoms with Crippen LogP contribution >= 0.6 is 0 Å². The van der Waals surface area contributed by atoms with Crippen LogP contribution in [0, 0.1) is 6.92 Å². The summed E-state index contributed by atoms with van der Waals surface area (Å²) in [6.45, 7) is 3.77. The molecule has 3 amide bonds. The molecule has 0 unspecified atom stereocenters. The van der Waals surface area contributed by atoms with Gasteiger partial charge < -0.3 is 21.5 Å². The molecule has 132 valence electrons. The molecule has 2 rings (SSSR count). The summed E-state index contributed by atoms with van der Waals surface area (Å²) in [6.07, 6.45) is 1.55. The maximum absolute atomic E-state index is 12.1. The number of aryl methyl sites for hydroxylation is 2. The number of benzene rings is 2. The van der Waals surface area contributed by atoms with Crippen LogP contribution in [0.15, 0.2) is 42.5 Å². The maximum atomic E-state index is 12.1. The van der Waals surface area contributed by atoms with Crippen molar-refractivity contribution < 1.29 is 14.7 Å². The number of urea groups is 1. The third-order valence-corrected chi connectivity index (χ3v) is 3.95. The summed E-state index contributed by atoms with van der Waals surface area (Å²) < 4.78 is 0. The highest BCUT2D eigenvalue weighted by molar-refractivity contribution is 5.96. The van der Waals surface area contributed by atoms with E-state index in [0.717, 1.165) is 24.0 Å². The van der Waals surface area contributed by atoms with Gasteiger partial charge in [0.2, 0.25) is 5.91 Å². The van der Waals surface area contributed by atoms with Gasteiger partial charge in [0, 0.05) is 17.3 Å². The van der Waals surface area contributed by atoms with E-state index in [2.05, 4.69) is 10.6 Å². The molecule has 0 radical (unpaired) electrons. The van der Waals surface area contributed by atoms with Crippen molar-refractivity contribution in [2.75, 3.05) is 5.32 Å². The highest BCUT2D eigenvalue weighted by Crippen LogP contribution is 2.17. The Balaban J connectivity index is 1.88. The third-order valence-electron chi connectivity index (χ3n) is 3.95. The standard InChI is InChI=1S/C19H23N3O3/c1-12-3-8-15(18(20)24)11-17(12)22-19(25)21-13(2)4-5-14-6-9-16(23)10-7-14/h3,6-11,13,23H,4-5H2,1-2H3,(H2,20,24)(H2,21,22,25)/t13-/m0/s1. The molecular formula is C19H23N3O3. The van der Waals surface area contributed by atoms with Crippen LogP contribution in [0.4, 0.5) is 10.5 Å². The second-order valence-corrected chi connectivity index (χ2v) is 6.10. The van der Waals surface area contributed by atoms with Crippen LogP contribution in [0.25, 0.3) is 0 Å². The first-order valence-electron chi connectivity index (χ1n) is 8.11. The van der Waals surface area contributed by atoms with Gasteiger partial charge in [-0.05, 0) is 62.1 Å². The van der Waals surface area contributed by atoms with Gasteiger partial charge in [-0.15, -0.1) is 0 Å². The number of carbonyl (C=O) groups excluding carboxylic acids is 2. The van der Waals surface area contributed by atoms with Crippen molar-refractivity contribution in [1.82, 2.24) is 5.32 Å². The SMILES string of the molecule is Cc1ccc(C(N)=O)cc1NC(=O)N[C@@H](C)CCc1ccc(O)cc1. The fourth-order valence-corrected chi connectivity index (χ4v) is 2.41. The number of hydrogen-bond donors (Lipinski definition) is 4. The Bertz CT molecular complexity index is 757. The summed E-state index contributed by atoms with van der Waals surface area (Å²) in [7, 11) is 0. The first-order chi connectivity index (χ1) is 11.8. The van der Waals surface area contributed by atoms with Crippen LogP contribution in [0.2, 0.25) is 0 Å². The number of nitrogens with one attached hydrogen (secondary N) is 2. The van der Waals surface area contributed by atoms with Crippen molar-refractivity contribution in [2.45, 2.75) is 32.7 Å². The molecule has 5 N–H and O–H groups in total. The molecule has 0 aliphatic rings. The summed E-state index contributed by atoms with van der Waals surface area (Å²) >= 11 is 0. The molecule has 0 aliphatic heterocycles. The number of carbonyl (C=O) groups is 2. The number of rotatable bonds is 6. The second-order valence-electron chi connectivity index (χ2n) is 6.10. The normalized spacial score (nSPS) is 11.6.